The van der Waals surface area contributed by atoms with E-state index in [-0.39, 0.29) is 10.8 Å². The van der Waals surface area contributed by atoms with Crippen LogP contribution in [0.2, 0.25) is 5.02 Å². The minimum Gasteiger partial charge on any atom is -0.369 e. The van der Waals surface area contributed by atoms with E-state index in [0.717, 1.165) is 11.3 Å². The maximum atomic E-state index is 11.1. The summed E-state index contributed by atoms with van der Waals surface area (Å²) in [5.74, 6) is -0.0582. The van der Waals surface area contributed by atoms with Gasteiger partial charge in [0.25, 0.3) is 0 Å². The Morgan fingerprint density at radius 3 is 2.41 bits per heavy atom. The predicted molar refractivity (Wildman–Crippen MR) is 97.9 cm³/mol. The van der Waals surface area contributed by atoms with Crippen molar-refractivity contribution in [2.24, 2.45) is 5.14 Å². The Morgan fingerprint density at radius 1 is 1.19 bits per heavy atom. The summed E-state index contributed by atoms with van der Waals surface area (Å²) in [5, 5.41) is 23.4. The number of nitriles is 1. The molecule has 0 amide bonds. The van der Waals surface area contributed by atoms with Crippen molar-refractivity contribution in [3.8, 4) is 11.8 Å². The van der Waals surface area contributed by atoms with Gasteiger partial charge in [-0.05, 0) is 42.0 Å². The van der Waals surface area contributed by atoms with Crippen molar-refractivity contribution in [1.29, 1.82) is 5.26 Å². The van der Waals surface area contributed by atoms with Gasteiger partial charge in [0.15, 0.2) is 5.75 Å². The molecule has 2 aromatic carbocycles. The van der Waals surface area contributed by atoms with E-state index >= 15 is 0 Å². The lowest BCUT2D eigenvalue weighted by atomic mass is 10.2. The van der Waals surface area contributed by atoms with E-state index in [1.54, 1.807) is 41.1 Å². The molecule has 0 aliphatic carbocycles. The third kappa shape index (κ3) is 4.73. The zero-order valence-corrected chi connectivity index (χ0v) is 15.3. The molecular weight excluding hydrogens is 392 g/mol. The zero-order valence-electron chi connectivity index (χ0n) is 13.7. The molecule has 0 fully saturated rings. The van der Waals surface area contributed by atoms with E-state index < -0.39 is 10.3 Å². The number of halogens is 1. The molecule has 138 valence electrons. The number of benzene rings is 2. The van der Waals surface area contributed by atoms with Crippen LogP contribution in [0.25, 0.3) is 0 Å². The molecule has 11 heteroatoms. The van der Waals surface area contributed by atoms with Gasteiger partial charge in [0.1, 0.15) is 12.7 Å². The van der Waals surface area contributed by atoms with Gasteiger partial charge in [-0.1, -0.05) is 17.7 Å². The minimum atomic E-state index is -4.16. The lowest BCUT2D eigenvalue weighted by Gasteiger charge is -2.25. The van der Waals surface area contributed by atoms with Crippen LogP contribution in [0.4, 0.5) is 5.69 Å². The molecular formula is C16H13ClN6O3S. The molecule has 3 aromatic rings. The molecule has 0 atom stereocenters. The van der Waals surface area contributed by atoms with Gasteiger partial charge in [0, 0.05) is 0 Å². The van der Waals surface area contributed by atoms with Gasteiger partial charge >= 0.3 is 10.3 Å². The van der Waals surface area contributed by atoms with Gasteiger partial charge in [-0.2, -0.15) is 18.8 Å². The fraction of sp³-hybridized carbons (Fsp3) is 0.0625. The molecule has 0 saturated heterocycles. The summed E-state index contributed by atoms with van der Waals surface area (Å²) < 4.78 is 28.4. The highest BCUT2D eigenvalue weighted by atomic mass is 35.5. The summed E-state index contributed by atoms with van der Waals surface area (Å²) in [6.07, 6.45) is 3.05. The van der Waals surface area contributed by atoms with Crippen molar-refractivity contribution < 1.29 is 12.6 Å². The fourth-order valence-corrected chi connectivity index (χ4v) is 3.03. The Hall–Kier alpha value is -3.13. The Labute approximate surface area is 160 Å². The molecule has 0 aliphatic rings. The van der Waals surface area contributed by atoms with Gasteiger partial charge in [-0.3, -0.25) is 5.01 Å². The van der Waals surface area contributed by atoms with Crippen LogP contribution in [0.15, 0.2) is 55.1 Å². The fourth-order valence-electron chi connectivity index (χ4n) is 2.34. The summed E-state index contributed by atoms with van der Waals surface area (Å²) in [4.78, 5) is 0. The number of aromatic nitrogens is 3. The first-order valence-electron chi connectivity index (χ1n) is 7.49. The molecule has 0 spiro atoms. The number of hydrogen-bond acceptors (Lipinski definition) is 7. The SMILES string of the molecule is N#Cc1ccc(N(Cc2ccc(OS(N)(=O)=O)c(Cl)c2)n2cnnc2)cc1. The van der Waals surface area contributed by atoms with Crippen LogP contribution >= 0.6 is 11.6 Å². The molecule has 27 heavy (non-hydrogen) atoms. The quantitative estimate of drug-likeness (QED) is 0.664. The maximum Gasteiger partial charge on any atom is 0.380 e. The Balaban J connectivity index is 1.91. The van der Waals surface area contributed by atoms with Gasteiger partial charge in [-0.25, -0.2) is 4.68 Å². The van der Waals surface area contributed by atoms with Crippen molar-refractivity contribution in [3.63, 3.8) is 0 Å². The van der Waals surface area contributed by atoms with Crippen LogP contribution < -0.4 is 14.3 Å². The van der Waals surface area contributed by atoms with Gasteiger partial charge in [-0.15, -0.1) is 10.2 Å². The molecule has 0 aliphatic heterocycles. The molecule has 3 rings (SSSR count). The molecule has 0 bridgehead atoms. The van der Waals surface area contributed by atoms with Gasteiger partial charge < -0.3 is 4.18 Å². The second kappa shape index (κ2) is 7.63. The first-order valence-corrected chi connectivity index (χ1v) is 9.34. The lowest BCUT2D eigenvalue weighted by molar-refractivity contribution is 0.487. The monoisotopic (exact) mass is 404 g/mol. The maximum absolute atomic E-state index is 11.1. The van der Waals surface area contributed by atoms with Crippen LogP contribution in [-0.4, -0.2) is 23.3 Å². The lowest BCUT2D eigenvalue weighted by Crippen LogP contribution is -2.27. The third-order valence-corrected chi connectivity index (χ3v) is 4.22. The van der Waals surface area contributed by atoms with Crippen molar-refractivity contribution in [3.05, 3.63) is 71.3 Å². The van der Waals surface area contributed by atoms with Crippen molar-refractivity contribution >= 4 is 27.6 Å². The summed E-state index contributed by atoms with van der Waals surface area (Å²) in [6, 6.07) is 13.7. The second-order valence-corrected chi connectivity index (χ2v) is 6.96. The van der Waals surface area contributed by atoms with E-state index in [0.29, 0.717) is 12.1 Å². The summed E-state index contributed by atoms with van der Waals surface area (Å²) >= 11 is 6.10. The molecule has 2 N–H and O–H groups in total. The number of nitrogens with two attached hydrogens (primary N) is 1. The minimum absolute atomic E-state index is 0.0582. The third-order valence-electron chi connectivity index (χ3n) is 3.51. The van der Waals surface area contributed by atoms with Crippen LogP contribution in [-0.2, 0) is 16.8 Å². The molecule has 1 aromatic heterocycles. The molecule has 0 unspecified atom stereocenters. The van der Waals surface area contributed by atoms with Crippen molar-refractivity contribution in [2.75, 3.05) is 5.01 Å². The van der Waals surface area contributed by atoms with Crippen molar-refractivity contribution in [1.82, 2.24) is 14.9 Å². The number of rotatable bonds is 6. The van der Waals surface area contributed by atoms with Crippen molar-refractivity contribution in [2.45, 2.75) is 6.54 Å². The normalized spacial score (nSPS) is 11.0. The Morgan fingerprint density at radius 2 is 1.85 bits per heavy atom. The molecule has 0 radical (unpaired) electrons. The van der Waals surface area contributed by atoms with E-state index in [2.05, 4.69) is 20.4 Å². The van der Waals surface area contributed by atoms with Gasteiger partial charge in [0.2, 0.25) is 0 Å². The topological polar surface area (TPSA) is 127 Å². The zero-order chi connectivity index (χ0) is 19.4. The summed E-state index contributed by atoms with van der Waals surface area (Å²) in [6.45, 7) is 0.360. The van der Waals surface area contributed by atoms with Crippen LogP contribution in [0, 0.1) is 11.3 Å². The number of nitrogens with zero attached hydrogens (tertiary/aromatic N) is 5. The van der Waals surface area contributed by atoms with Crippen LogP contribution in [0.1, 0.15) is 11.1 Å². The standard InChI is InChI=1S/C16H13ClN6O3S/c17-15-7-13(3-6-16(15)26-27(19,24)25)9-23(22-10-20-21-11-22)14-4-1-12(8-18)2-5-14/h1-7,10-11H,9H2,(H2,19,24,25). The van der Waals surface area contributed by atoms with E-state index in [1.807, 2.05) is 5.01 Å². The highest BCUT2D eigenvalue weighted by Crippen LogP contribution is 2.28. The van der Waals surface area contributed by atoms with Crippen LogP contribution in [0.3, 0.4) is 0 Å². The highest BCUT2D eigenvalue weighted by molar-refractivity contribution is 7.84. The van der Waals surface area contributed by atoms with Crippen LogP contribution in [0.5, 0.6) is 5.75 Å². The molecule has 9 nitrogen and oxygen atoms in total. The Kier molecular flexibility index (Phi) is 5.27. The second-order valence-electron chi connectivity index (χ2n) is 5.40. The average molecular weight is 405 g/mol. The number of hydrogen-bond donors (Lipinski definition) is 1. The first-order chi connectivity index (χ1) is 12.9. The number of anilines is 1. The summed E-state index contributed by atoms with van der Waals surface area (Å²) in [5.41, 5.74) is 2.09. The average Bonchev–Trinajstić information content (AvgIpc) is 3.15. The van der Waals surface area contributed by atoms with E-state index in [4.69, 9.17) is 22.0 Å². The van der Waals surface area contributed by atoms with E-state index in [9.17, 15) is 8.42 Å². The smallest absolute Gasteiger partial charge is 0.369 e. The molecule has 0 saturated carbocycles. The largest absolute Gasteiger partial charge is 0.380 e. The highest BCUT2D eigenvalue weighted by Gasteiger charge is 2.14. The van der Waals surface area contributed by atoms with Gasteiger partial charge in [0.05, 0.1) is 28.9 Å². The first kappa shape index (κ1) is 18.7. The Bertz CT molecular complexity index is 1080. The summed E-state index contributed by atoms with van der Waals surface area (Å²) in [7, 11) is -4.16. The molecule has 1 heterocycles. The van der Waals surface area contributed by atoms with E-state index in [1.165, 1.54) is 18.7 Å². The predicted octanol–water partition coefficient (Wildman–Crippen LogP) is 1.86.